The maximum absolute atomic E-state index is 13.2. The molecule has 0 radical (unpaired) electrons. The predicted octanol–water partition coefficient (Wildman–Crippen LogP) is 3.14. The van der Waals surface area contributed by atoms with Crippen LogP contribution in [0.1, 0.15) is 36.0 Å². The first-order valence-electron chi connectivity index (χ1n) is 7.07. The van der Waals surface area contributed by atoms with Crippen molar-refractivity contribution in [2.45, 2.75) is 44.4 Å². The lowest BCUT2D eigenvalue weighted by Crippen LogP contribution is -2.40. The lowest BCUT2D eigenvalue weighted by atomic mass is 9.85. The van der Waals surface area contributed by atoms with Gasteiger partial charge in [0, 0.05) is 24.1 Å². The number of halogens is 3. The van der Waals surface area contributed by atoms with Crippen LogP contribution in [-0.4, -0.2) is 24.5 Å². The Labute approximate surface area is 120 Å². The minimum atomic E-state index is -3.08. The van der Waals surface area contributed by atoms with Gasteiger partial charge < -0.3 is 10.1 Å². The van der Waals surface area contributed by atoms with E-state index in [4.69, 9.17) is 0 Å². The maximum Gasteiger partial charge on any atom is 0.387 e. The molecular weight excluding hydrogens is 283 g/mol. The Morgan fingerprint density at radius 3 is 2.52 bits per heavy atom. The molecular formula is C15H16F3NO2. The molecule has 1 N–H and O–H groups in total. The van der Waals surface area contributed by atoms with Gasteiger partial charge in [-0.2, -0.15) is 8.78 Å². The fourth-order valence-electron chi connectivity index (χ4n) is 3.38. The SMILES string of the molecule is O=C(c1ccc(F)cc1OC(F)F)C1CC2CCC(C1)N2. The average Bonchev–Trinajstić information content (AvgIpc) is 2.76. The number of piperidine rings is 1. The van der Waals surface area contributed by atoms with Gasteiger partial charge >= 0.3 is 6.61 Å². The molecule has 2 unspecified atom stereocenters. The van der Waals surface area contributed by atoms with Crippen LogP contribution in [0.2, 0.25) is 0 Å². The monoisotopic (exact) mass is 299 g/mol. The zero-order valence-corrected chi connectivity index (χ0v) is 11.3. The molecule has 2 fully saturated rings. The van der Waals surface area contributed by atoms with E-state index in [1.807, 2.05) is 0 Å². The third-order valence-electron chi connectivity index (χ3n) is 4.27. The molecule has 2 atom stereocenters. The highest BCUT2D eigenvalue weighted by molar-refractivity contribution is 6.00. The van der Waals surface area contributed by atoms with E-state index < -0.39 is 12.4 Å². The molecule has 2 aliphatic heterocycles. The van der Waals surface area contributed by atoms with Crippen LogP contribution in [0.15, 0.2) is 18.2 Å². The maximum atomic E-state index is 13.2. The van der Waals surface area contributed by atoms with Gasteiger partial charge in [0.05, 0.1) is 5.56 Å². The summed E-state index contributed by atoms with van der Waals surface area (Å²) in [4.78, 5) is 12.6. The van der Waals surface area contributed by atoms with Gasteiger partial charge in [-0.05, 0) is 37.8 Å². The summed E-state index contributed by atoms with van der Waals surface area (Å²) in [6.45, 7) is -3.08. The van der Waals surface area contributed by atoms with E-state index in [9.17, 15) is 18.0 Å². The first kappa shape index (κ1) is 14.4. The number of nitrogens with one attached hydrogen (secondary N) is 1. The van der Waals surface area contributed by atoms with Crippen molar-refractivity contribution in [3.63, 3.8) is 0 Å². The normalized spacial score (nSPS) is 27.9. The van der Waals surface area contributed by atoms with Gasteiger partial charge in [0.15, 0.2) is 5.78 Å². The topological polar surface area (TPSA) is 38.3 Å². The highest BCUT2D eigenvalue weighted by atomic mass is 19.3. The second-order valence-electron chi connectivity index (χ2n) is 5.69. The number of carbonyl (C=O) groups excluding carboxylic acids is 1. The average molecular weight is 299 g/mol. The molecule has 0 aromatic heterocycles. The number of benzene rings is 1. The van der Waals surface area contributed by atoms with Gasteiger partial charge in [0.2, 0.25) is 0 Å². The van der Waals surface area contributed by atoms with Crippen LogP contribution in [0.25, 0.3) is 0 Å². The van der Waals surface area contributed by atoms with Gasteiger partial charge in [-0.3, -0.25) is 4.79 Å². The van der Waals surface area contributed by atoms with E-state index in [-0.39, 0.29) is 23.0 Å². The Bertz CT molecular complexity index is 538. The molecule has 114 valence electrons. The Kier molecular flexibility index (Phi) is 3.89. The lowest BCUT2D eigenvalue weighted by Gasteiger charge is -2.28. The van der Waals surface area contributed by atoms with E-state index in [0.717, 1.165) is 25.0 Å². The second-order valence-corrected chi connectivity index (χ2v) is 5.69. The van der Waals surface area contributed by atoms with Crippen LogP contribution in [0.4, 0.5) is 13.2 Å². The Morgan fingerprint density at radius 1 is 1.24 bits per heavy atom. The van der Waals surface area contributed by atoms with Crippen molar-refractivity contribution in [3.05, 3.63) is 29.6 Å². The summed E-state index contributed by atoms with van der Waals surface area (Å²) in [7, 11) is 0. The summed E-state index contributed by atoms with van der Waals surface area (Å²) < 4.78 is 42.3. The molecule has 6 heteroatoms. The summed E-state index contributed by atoms with van der Waals surface area (Å²) in [5.74, 6) is -1.52. The number of Topliss-reactive ketones (excluding diaryl/α,β-unsaturated/α-hetero) is 1. The Hall–Kier alpha value is -1.56. The number of hydrogen-bond donors (Lipinski definition) is 1. The van der Waals surface area contributed by atoms with Crippen LogP contribution in [-0.2, 0) is 0 Å². The lowest BCUT2D eigenvalue weighted by molar-refractivity contribution is -0.0503. The Balaban J connectivity index is 1.83. The van der Waals surface area contributed by atoms with Gasteiger partial charge in [0.25, 0.3) is 0 Å². The quantitative estimate of drug-likeness (QED) is 0.868. The first-order valence-corrected chi connectivity index (χ1v) is 7.07. The number of hydrogen-bond acceptors (Lipinski definition) is 3. The molecule has 0 amide bonds. The smallest absolute Gasteiger partial charge is 0.387 e. The Morgan fingerprint density at radius 2 is 1.90 bits per heavy atom. The molecule has 2 heterocycles. The van der Waals surface area contributed by atoms with Crippen LogP contribution in [0.3, 0.4) is 0 Å². The third kappa shape index (κ3) is 3.05. The van der Waals surface area contributed by atoms with E-state index in [0.29, 0.717) is 24.9 Å². The number of rotatable bonds is 4. The summed E-state index contributed by atoms with van der Waals surface area (Å²) in [5.41, 5.74) is 0.0444. The number of ether oxygens (including phenoxy) is 1. The molecule has 1 aromatic carbocycles. The standard InChI is InChI=1S/C15H16F3NO2/c16-9-1-4-12(13(7-9)21-15(17)18)14(20)8-5-10-2-3-11(6-8)19-10/h1,4,7-8,10-11,15,19H,2-3,5-6H2. The highest BCUT2D eigenvalue weighted by Gasteiger charge is 2.37. The van der Waals surface area contributed by atoms with Crippen LogP contribution < -0.4 is 10.1 Å². The van der Waals surface area contributed by atoms with E-state index >= 15 is 0 Å². The fourth-order valence-corrected chi connectivity index (χ4v) is 3.38. The van der Waals surface area contributed by atoms with E-state index in [1.165, 1.54) is 6.07 Å². The van der Waals surface area contributed by atoms with Crippen LogP contribution >= 0.6 is 0 Å². The van der Waals surface area contributed by atoms with Crippen molar-refractivity contribution in [2.24, 2.45) is 5.92 Å². The molecule has 1 aromatic rings. The molecule has 2 bridgehead atoms. The number of ketones is 1. The minimum absolute atomic E-state index is 0.0444. The molecule has 0 spiro atoms. The highest BCUT2D eigenvalue weighted by Crippen LogP contribution is 2.35. The summed E-state index contributed by atoms with van der Waals surface area (Å²) in [5, 5.41) is 3.42. The van der Waals surface area contributed by atoms with Crippen molar-refractivity contribution < 1.29 is 22.7 Å². The molecule has 21 heavy (non-hydrogen) atoms. The van der Waals surface area contributed by atoms with Crippen molar-refractivity contribution >= 4 is 5.78 Å². The van der Waals surface area contributed by atoms with Crippen molar-refractivity contribution in [1.29, 1.82) is 0 Å². The number of carbonyl (C=O) groups is 1. The van der Waals surface area contributed by atoms with Gasteiger partial charge in [-0.15, -0.1) is 0 Å². The molecule has 3 rings (SSSR count). The van der Waals surface area contributed by atoms with Crippen molar-refractivity contribution in [1.82, 2.24) is 5.32 Å². The fraction of sp³-hybridized carbons (Fsp3) is 0.533. The molecule has 2 saturated heterocycles. The van der Waals surface area contributed by atoms with Gasteiger partial charge in [-0.25, -0.2) is 4.39 Å². The predicted molar refractivity (Wildman–Crippen MR) is 70.0 cm³/mol. The van der Waals surface area contributed by atoms with E-state index in [2.05, 4.69) is 10.1 Å². The van der Waals surface area contributed by atoms with Crippen molar-refractivity contribution in [2.75, 3.05) is 0 Å². The molecule has 0 aliphatic carbocycles. The minimum Gasteiger partial charge on any atom is -0.434 e. The molecule has 3 nitrogen and oxygen atoms in total. The van der Waals surface area contributed by atoms with Crippen LogP contribution in [0, 0.1) is 11.7 Å². The summed E-state index contributed by atoms with van der Waals surface area (Å²) >= 11 is 0. The largest absolute Gasteiger partial charge is 0.434 e. The zero-order chi connectivity index (χ0) is 15.0. The molecule has 0 saturated carbocycles. The van der Waals surface area contributed by atoms with Gasteiger partial charge in [0.1, 0.15) is 11.6 Å². The van der Waals surface area contributed by atoms with Gasteiger partial charge in [-0.1, -0.05) is 0 Å². The number of alkyl halides is 2. The summed E-state index contributed by atoms with van der Waals surface area (Å²) in [6.07, 6.45) is 3.47. The first-order chi connectivity index (χ1) is 10.0. The molecule has 2 aliphatic rings. The van der Waals surface area contributed by atoms with E-state index in [1.54, 1.807) is 0 Å². The number of fused-ring (bicyclic) bond motifs is 2. The zero-order valence-electron chi connectivity index (χ0n) is 11.3. The summed E-state index contributed by atoms with van der Waals surface area (Å²) in [6, 6.07) is 3.81. The van der Waals surface area contributed by atoms with Crippen molar-refractivity contribution in [3.8, 4) is 5.75 Å². The van der Waals surface area contributed by atoms with Crippen LogP contribution in [0.5, 0.6) is 5.75 Å². The third-order valence-corrected chi connectivity index (χ3v) is 4.27. The second kappa shape index (κ2) is 5.67.